The van der Waals surface area contributed by atoms with Crippen LogP contribution in [0.2, 0.25) is 0 Å². The molecule has 0 spiro atoms. The Kier molecular flexibility index (Phi) is 7.14. The van der Waals surface area contributed by atoms with Gasteiger partial charge in [-0.25, -0.2) is 15.0 Å². The number of ether oxygens (including phenoxy) is 2. The molecule has 0 unspecified atom stereocenters. The molecule has 0 saturated carbocycles. The van der Waals surface area contributed by atoms with Crippen LogP contribution in [0.4, 0.5) is 17.5 Å². The van der Waals surface area contributed by atoms with Crippen LogP contribution in [-0.4, -0.2) is 60.3 Å². The highest BCUT2D eigenvalue weighted by molar-refractivity contribution is 6.05. The third kappa shape index (κ3) is 5.62. The van der Waals surface area contributed by atoms with Crippen molar-refractivity contribution in [3.05, 3.63) is 66.5 Å². The Hall–Kier alpha value is -4.24. The summed E-state index contributed by atoms with van der Waals surface area (Å²) < 4.78 is 11.1. The van der Waals surface area contributed by atoms with E-state index in [-0.39, 0.29) is 11.9 Å². The van der Waals surface area contributed by atoms with Gasteiger partial charge in [0, 0.05) is 59.8 Å². The highest BCUT2D eigenvalue weighted by Crippen LogP contribution is 2.35. The molecule has 5 rings (SSSR count). The third-order valence-corrected chi connectivity index (χ3v) is 6.09. The number of methoxy groups -OCH3 is 1. The Bertz CT molecular complexity index is 1420. The van der Waals surface area contributed by atoms with E-state index in [1.807, 2.05) is 56.3 Å². The number of benzene rings is 2. The minimum absolute atomic E-state index is 0.196. The molecule has 0 aliphatic carbocycles. The number of nitrogens with zero attached hydrogens (tertiary/aromatic N) is 4. The molecule has 1 amide bonds. The van der Waals surface area contributed by atoms with Crippen LogP contribution >= 0.6 is 0 Å². The normalized spacial score (nSPS) is 13.6. The summed E-state index contributed by atoms with van der Waals surface area (Å²) in [6, 6.07) is 15.4. The number of hydrogen-bond acceptors (Lipinski definition) is 8. The number of carbonyl (C=O) groups excluding carboxylic acids is 1. The maximum atomic E-state index is 13.1. The summed E-state index contributed by atoms with van der Waals surface area (Å²) in [5, 5.41) is 7.14. The second-order valence-electron chi connectivity index (χ2n) is 9.14. The maximum Gasteiger partial charge on any atom is 0.255 e. The van der Waals surface area contributed by atoms with Gasteiger partial charge < -0.3 is 25.0 Å². The van der Waals surface area contributed by atoms with Crippen molar-refractivity contribution in [2.45, 2.75) is 19.9 Å². The molecule has 37 heavy (non-hydrogen) atoms. The zero-order valence-corrected chi connectivity index (χ0v) is 21.2. The third-order valence-electron chi connectivity index (χ3n) is 6.09. The van der Waals surface area contributed by atoms with E-state index in [1.165, 1.54) is 0 Å². The Balaban J connectivity index is 1.39. The fraction of sp³-hybridized carbons (Fsp3) is 0.286. The molecular formula is C28H30N6O3. The number of rotatable bonds is 7. The first kappa shape index (κ1) is 24.5. The van der Waals surface area contributed by atoms with Crippen molar-refractivity contribution in [2.24, 2.45) is 0 Å². The number of aromatic nitrogens is 3. The monoisotopic (exact) mass is 498 g/mol. The van der Waals surface area contributed by atoms with Gasteiger partial charge in [-0.2, -0.15) is 0 Å². The van der Waals surface area contributed by atoms with E-state index in [9.17, 15) is 4.79 Å². The van der Waals surface area contributed by atoms with Gasteiger partial charge in [-0.15, -0.1) is 0 Å². The van der Waals surface area contributed by atoms with Gasteiger partial charge in [0.25, 0.3) is 5.91 Å². The number of pyridine rings is 1. The summed E-state index contributed by atoms with van der Waals surface area (Å²) in [7, 11) is 1.64. The van der Waals surface area contributed by atoms with E-state index in [0.29, 0.717) is 36.2 Å². The second kappa shape index (κ2) is 10.8. The summed E-state index contributed by atoms with van der Waals surface area (Å²) in [6.07, 6.45) is 3.47. The number of nitrogens with one attached hydrogen (secondary N) is 2. The molecule has 190 valence electrons. The predicted octanol–water partition coefficient (Wildman–Crippen LogP) is 4.61. The minimum Gasteiger partial charge on any atom is -0.496 e. The molecule has 4 aromatic rings. The van der Waals surface area contributed by atoms with Gasteiger partial charge in [0.05, 0.1) is 25.8 Å². The van der Waals surface area contributed by atoms with Gasteiger partial charge in [-0.1, -0.05) is 12.1 Å². The van der Waals surface area contributed by atoms with E-state index in [1.54, 1.807) is 25.6 Å². The summed E-state index contributed by atoms with van der Waals surface area (Å²) in [6.45, 7) is 6.92. The molecule has 0 atom stereocenters. The van der Waals surface area contributed by atoms with Crippen LogP contribution in [0, 0.1) is 0 Å². The molecule has 2 aromatic carbocycles. The lowest BCUT2D eigenvalue weighted by molar-refractivity contribution is 0.102. The Morgan fingerprint density at radius 3 is 2.70 bits per heavy atom. The molecule has 1 aliphatic rings. The van der Waals surface area contributed by atoms with E-state index in [0.717, 1.165) is 40.9 Å². The molecule has 0 radical (unpaired) electrons. The average molecular weight is 499 g/mol. The first-order valence-electron chi connectivity index (χ1n) is 12.3. The second-order valence-corrected chi connectivity index (χ2v) is 9.14. The molecule has 2 N–H and O–H groups in total. The fourth-order valence-electron chi connectivity index (χ4n) is 4.27. The number of morpholine rings is 1. The zero-order chi connectivity index (χ0) is 25.8. The van der Waals surface area contributed by atoms with E-state index in [4.69, 9.17) is 9.47 Å². The Morgan fingerprint density at radius 2 is 1.92 bits per heavy atom. The van der Waals surface area contributed by atoms with Crippen LogP contribution in [-0.2, 0) is 4.74 Å². The largest absolute Gasteiger partial charge is 0.496 e. The van der Waals surface area contributed by atoms with Gasteiger partial charge in [0.1, 0.15) is 11.6 Å². The predicted molar refractivity (Wildman–Crippen MR) is 146 cm³/mol. The van der Waals surface area contributed by atoms with Crippen molar-refractivity contribution in [3.8, 4) is 16.9 Å². The summed E-state index contributed by atoms with van der Waals surface area (Å²) in [5.74, 6) is 1.85. The van der Waals surface area contributed by atoms with Crippen LogP contribution in [0.1, 0.15) is 24.2 Å². The topological polar surface area (TPSA) is 102 Å². The lowest BCUT2D eigenvalue weighted by Gasteiger charge is -2.27. The van der Waals surface area contributed by atoms with Crippen LogP contribution in [0.5, 0.6) is 5.75 Å². The van der Waals surface area contributed by atoms with Crippen molar-refractivity contribution in [2.75, 3.05) is 48.9 Å². The molecule has 1 aliphatic heterocycles. The highest BCUT2D eigenvalue weighted by Gasteiger charge is 2.16. The molecule has 9 heteroatoms. The van der Waals surface area contributed by atoms with Gasteiger partial charge in [-0.3, -0.25) is 4.79 Å². The van der Waals surface area contributed by atoms with Crippen molar-refractivity contribution >= 4 is 34.3 Å². The van der Waals surface area contributed by atoms with Crippen molar-refractivity contribution in [1.82, 2.24) is 15.0 Å². The van der Waals surface area contributed by atoms with Crippen LogP contribution in [0.25, 0.3) is 22.0 Å². The van der Waals surface area contributed by atoms with Gasteiger partial charge >= 0.3 is 0 Å². The van der Waals surface area contributed by atoms with Crippen LogP contribution in [0.15, 0.2) is 60.9 Å². The van der Waals surface area contributed by atoms with Crippen LogP contribution < -0.4 is 20.3 Å². The summed E-state index contributed by atoms with van der Waals surface area (Å²) in [4.78, 5) is 28.7. The fourth-order valence-corrected chi connectivity index (χ4v) is 4.27. The molecule has 1 saturated heterocycles. The van der Waals surface area contributed by atoms with E-state index < -0.39 is 0 Å². The highest BCUT2D eigenvalue weighted by atomic mass is 16.5. The number of carbonyl (C=O) groups is 1. The lowest BCUT2D eigenvalue weighted by Crippen LogP contribution is -2.36. The molecule has 9 nitrogen and oxygen atoms in total. The summed E-state index contributed by atoms with van der Waals surface area (Å²) >= 11 is 0. The lowest BCUT2D eigenvalue weighted by atomic mass is 10.0. The van der Waals surface area contributed by atoms with Gasteiger partial charge in [0.2, 0.25) is 5.95 Å². The quantitative estimate of drug-likeness (QED) is 0.381. The van der Waals surface area contributed by atoms with Crippen molar-refractivity contribution < 1.29 is 14.3 Å². The number of hydrogen-bond donors (Lipinski definition) is 2. The number of amides is 1. The van der Waals surface area contributed by atoms with Crippen molar-refractivity contribution in [3.63, 3.8) is 0 Å². The van der Waals surface area contributed by atoms with Gasteiger partial charge in [0.15, 0.2) is 0 Å². The Morgan fingerprint density at radius 1 is 1.08 bits per heavy atom. The SMILES string of the molecule is COc1cc2nc(NC(C)C)ncc2cc1-c1cccc(NC(=O)c2ccnc(N3CCOCC3)c2)c1. The van der Waals surface area contributed by atoms with Gasteiger partial charge in [-0.05, 0) is 49.7 Å². The molecular weight excluding hydrogens is 468 g/mol. The first-order valence-corrected chi connectivity index (χ1v) is 12.3. The Labute approximate surface area is 215 Å². The smallest absolute Gasteiger partial charge is 0.255 e. The summed E-state index contributed by atoms with van der Waals surface area (Å²) in [5.41, 5.74) is 3.81. The number of anilines is 3. The zero-order valence-electron chi connectivity index (χ0n) is 21.2. The molecule has 2 aromatic heterocycles. The van der Waals surface area contributed by atoms with E-state index in [2.05, 4.69) is 30.5 Å². The minimum atomic E-state index is -0.196. The maximum absolute atomic E-state index is 13.1. The first-order chi connectivity index (χ1) is 18.0. The molecule has 1 fully saturated rings. The molecule has 0 bridgehead atoms. The number of fused-ring (bicyclic) bond motifs is 1. The average Bonchev–Trinajstić information content (AvgIpc) is 2.92. The van der Waals surface area contributed by atoms with Crippen LogP contribution in [0.3, 0.4) is 0 Å². The van der Waals surface area contributed by atoms with E-state index >= 15 is 0 Å². The molecule has 3 heterocycles. The standard InChI is InChI=1S/C28H30N6O3/c1-18(2)31-28-30-17-21-14-23(25(36-3)16-24(21)33-28)19-5-4-6-22(13-19)32-27(35)20-7-8-29-26(15-20)34-9-11-37-12-10-34/h4-8,13-18H,9-12H2,1-3H3,(H,32,35)(H,30,31,33). The van der Waals surface area contributed by atoms with Crippen molar-refractivity contribution in [1.29, 1.82) is 0 Å².